The Labute approximate surface area is 135 Å². The quantitative estimate of drug-likeness (QED) is 0.686. The minimum atomic E-state index is -0.0460. The van der Waals surface area contributed by atoms with E-state index >= 15 is 0 Å². The third-order valence-corrected chi connectivity index (χ3v) is 4.68. The Balaban J connectivity index is 2.21. The maximum Gasteiger partial charge on any atom is 0.266 e. The van der Waals surface area contributed by atoms with Gasteiger partial charge in [-0.3, -0.25) is 9.69 Å². The van der Waals surface area contributed by atoms with E-state index < -0.39 is 0 Å². The van der Waals surface area contributed by atoms with Crippen molar-refractivity contribution in [2.45, 2.75) is 26.2 Å². The fourth-order valence-electron chi connectivity index (χ4n) is 2.05. The number of benzene rings is 1. The first-order valence-corrected chi connectivity index (χ1v) is 8.11. The maximum atomic E-state index is 12.2. The molecule has 112 valence electrons. The topological polar surface area (TPSA) is 46.3 Å². The number of thiocarbonyl (C=S) groups is 1. The molecule has 0 radical (unpaired) electrons. The van der Waals surface area contributed by atoms with Gasteiger partial charge in [0, 0.05) is 13.1 Å². The van der Waals surface area contributed by atoms with Gasteiger partial charge in [-0.25, -0.2) is 0 Å². The number of thioether (sulfide) groups is 1. The summed E-state index contributed by atoms with van der Waals surface area (Å²) in [6, 6.07) is 8.28. The van der Waals surface area contributed by atoms with Crippen molar-refractivity contribution in [3.05, 3.63) is 40.3 Å². The summed E-state index contributed by atoms with van der Waals surface area (Å²) in [4.78, 5) is 14.5. The summed E-state index contributed by atoms with van der Waals surface area (Å²) < 4.78 is 0.586. The lowest BCUT2D eigenvalue weighted by molar-refractivity contribution is -0.122. The molecular formula is C16H20N2OS2. The van der Waals surface area contributed by atoms with Crippen LogP contribution in [0.5, 0.6) is 0 Å². The molecule has 1 amide bonds. The molecule has 0 saturated carbocycles. The number of carbonyl (C=O) groups excluding carboxylic acids is 1. The fraction of sp³-hybridized carbons (Fsp3) is 0.375. The van der Waals surface area contributed by atoms with Gasteiger partial charge in [-0.1, -0.05) is 69.0 Å². The van der Waals surface area contributed by atoms with Gasteiger partial charge in [0.05, 0.1) is 4.91 Å². The third kappa shape index (κ3) is 3.73. The van der Waals surface area contributed by atoms with E-state index in [0.29, 0.717) is 22.3 Å². The molecule has 1 aromatic carbocycles. The summed E-state index contributed by atoms with van der Waals surface area (Å²) >= 11 is 6.56. The van der Waals surface area contributed by atoms with E-state index in [1.165, 1.54) is 17.3 Å². The van der Waals surface area contributed by atoms with Crippen LogP contribution < -0.4 is 5.73 Å². The van der Waals surface area contributed by atoms with E-state index in [0.717, 1.165) is 5.56 Å². The monoisotopic (exact) mass is 320 g/mol. The van der Waals surface area contributed by atoms with Gasteiger partial charge in [0.2, 0.25) is 0 Å². The lowest BCUT2D eigenvalue weighted by Gasteiger charge is -2.18. The van der Waals surface area contributed by atoms with E-state index in [4.69, 9.17) is 18.0 Å². The lowest BCUT2D eigenvalue weighted by atomic mass is 9.87. The minimum absolute atomic E-state index is 0.0460. The Morgan fingerprint density at radius 1 is 1.29 bits per heavy atom. The standard InChI is InChI=1S/C16H20N2OS2/c1-16(2,3)12-6-4-11(5-7-12)10-13-14(19)18(9-8-17)15(20)21-13/h4-7,10H,8-9,17H2,1-3H3/b13-10+. The van der Waals surface area contributed by atoms with E-state index in [1.807, 2.05) is 18.2 Å². The molecule has 0 spiro atoms. The average Bonchev–Trinajstić information content (AvgIpc) is 2.66. The third-order valence-electron chi connectivity index (χ3n) is 3.30. The summed E-state index contributed by atoms with van der Waals surface area (Å²) in [5.74, 6) is -0.0460. The van der Waals surface area contributed by atoms with Crippen molar-refractivity contribution >= 4 is 40.3 Å². The van der Waals surface area contributed by atoms with Crippen LogP contribution in [0.3, 0.4) is 0 Å². The van der Waals surface area contributed by atoms with E-state index in [1.54, 1.807) is 4.90 Å². The van der Waals surface area contributed by atoms with Crippen molar-refractivity contribution in [2.24, 2.45) is 5.73 Å². The van der Waals surface area contributed by atoms with Crippen LogP contribution in [0.15, 0.2) is 29.2 Å². The Kier molecular flexibility index (Phi) is 4.86. The van der Waals surface area contributed by atoms with Crippen LogP contribution in [0.25, 0.3) is 6.08 Å². The molecule has 1 saturated heterocycles. The molecule has 2 N–H and O–H groups in total. The molecule has 1 heterocycles. The molecule has 0 bridgehead atoms. The number of nitrogens with two attached hydrogens (primary N) is 1. The van der Waals surface area contributed by atoms with E-state index in [9.17, 15) is 4.79 Å². The normalized spacial score (nSPS) is 17.9. The van der Waals surface area contributed by atoms with Crippen LogP contribution >= 0.6 is 24.0 Å². The molecule has 21 heavy (non-hydrogen) atoms. The molecule has 0 atom stereocenters. The van der Waals surface area contributed by atoms with Gasteiger partial charge in [-0.05, 0) is 22.6 Å². The smallest absolute Gasteiger partial charge is 0.266 e. The largest absolute Gasteiger partial charge is 0.329 e. The van der Waals surface area contributed by atoms with Crippen molar-refractivity contribution in [3.8, 4) is 0 Å². The summed E-state index contributed by atoms with van der Waals surface area (Å²) in [7, 11) is 0. The molecule has 0 aliphatic carbocycles. The zero-order valence-electron chi connectivity index (χ0n) is 12.6. The summed E-state index contributed by atoms with van der Waals surface area (Å²) in [5.41, 5.74) is 7.92. The molecule has 3 nitrogen and oxygen atoms in total. The van der Waals surface area contributed by atoms with Crippen LogP contribution in [0.2, 0.25) is 0 Å². The molecule has 1 aliphatic heterocycles. The van der Waals surface area contributed by atoms with Crippen molar-refractivity contribution in [2.75, 3.05) is 13.1 Å². The summed E-state index contributed by atoms with van der Waals surface area (Å²) in [5, 5.41) is 0. The van der Waals surface area contributed by atoms with Crippen molar-refractivity contribution < 1.29 is 4.79 Å². The number of rotatable bonds is 3. The van der Waals surface area contributed by atoms with Gasteiger partial charge in [-0.2, -0.15) is 0 Å². The van der Waals surface area contributed by atoms with Crippen molar-refractivity contribution in [1.29, 1.82) is 0 Å². The fourth-order valence-corrected chi connectivity index (χ4v) is 3.36. The molecular weight excluding hydrogens is 300 g/mol. The van der Waals surface area contributed by atoms with Gasteiger partial charge in [-0.15, -0.1) is 0 Å². The van der Waals surface area contributed by atoms with Crippen molar-refractivity contribution in [3.63, 3.8) is 0 Å². The average molecular weight is 320 g/mol. The highest BCUT2D eigenvalue weighted by Gasteiger charge is 2.31. The molecule has 0 unspecified atom stereocenters. The molecule has 1 aliphatic rings. The number of carbonyl (C=O) groups is 1. The first kappa shape index (κ1) is 16.2. The van der Waals surface area contributed by atoms with Crippen LogP contribution in [0, 0.1) is 0 Å². The van der Waals surface area contributed by atoms with Gasteiger partial charge < -0.3 is 5.73 Å². The van der Waals surface area contributed by atoms with Crippen LogP contribution in [0.1, 0.15) is 31.9 Å². The van der Waals surface area contributed by atoms with Crippen LogP contribution in [0.4, 0.5) is 0 Å². The predicted octanol–water partition coefficient (Wildman–Crippen LogP) is 3.14. The second-order valence-electron chi connectivity index (χ2n) is 5.99. The minimum Gasteiger partial charge on any atom is -0.329 e. The van der Waals surface area contributed by atoms with Gasteiger partial charge >= 0.3 is 0 Å². The summed E-state index contributed by atoms with van der Waals surface area (Å²) in [6.45, 7) is 7.44. The number of nitrogens with zero attached hydrogens (tertiary/aromatic N) is 1. The van der Waals surface area contributed by atoms with Crippen LogP contribution in [-0.4, -0.2) is 28.2 Å². The first-order valence-electron chi connectivity index (χ1n) is 6.89. The lowest BCUT2D eigenvalue weighted by Crippen LogP contribution is -2.32. The number of hydrogen-bond donors (Lipinski definition) is 1. The molecule has 1 fully saturated rings. The Morgan fingerprint density at radius 2 is 1.90 bits per heavy atom. The molecule has 1 aromatic rings. The SMILES string of the molecule is CC(C)(C)c1ccc(/C=C2/SC(=S)N(CCN)C2=O)cc1. The summed E-state index contributed by atoms with van der Waals surface area (Å²) in [6.07, 6.45) is 1.89. The maximum absolute atomic E-state index is 12.2. The zero-order valence-corrected chi connectivity index (χ0v) is 14.2. The highest BCUT2D eigenvalue weighted by molar-refractivity contribution is 8.26. The molecule has 0 aromatic heterocycles. The highest BCUT2D eigenvalue weighted by Crippen LogP contribution is 2.32. The van der Waals surface area contributed by atoms with Gasteiger partial charge in [0.1, 0.15) is 4.32 Å². The van der Waals surface area contributed by atoms with Gasteiger partial charge in [0.15, 0.2) is 0 Å². The van der Waals surface area contributed by atoms with Gasteiger partial charge in [0.25, 0.3) is 5.91 Å². The van der Waals surface area contributed by atoms with E-state index in [2.05, 4.69) is 32.9 Å². The Morgan fingerprint density at radius 3 is 2.43 bits per heavy atom. The molecule has 2 rings (SSSR count). The van der Waals surface area contributed by atoms with E-state index in [-0.39, 0.29) is 11.3 Å². The predicted molar refractivity (Wildman–Crippen MR) is 94.1 cm³/mol. The number of amides is 1. The van der Waals surface area contributed by atoms with Crippen molar-refractivity contribution in [1.82, 2.24) is 4.90 Å². The Bertz CT molecular complexity index is 585. The highest BCUT2D eigenvalue weighted by atomic mass is 32.2. The number of hydrogen-bond acceptors (Lipinski definition) is 4. The van der Waals surface area contributed by atoms with Crippen LogP contribution in [-0.2, 0) is 10.2 Å². The second-order valence-corrected chi connectivity index (χ2v) is 7.67. The zero-order chi connectivity index (χ0) is 15.6. The second kappa shape index (κ2) is 6.30. The first-order chi connectivity index (χ1) is 9.82. The Hall–Kier alpha value is -1.17. The molecule has 5 heteroatoms.